The van der Waals surface area contributed by atoms with Gasteiger partial charge in [-0.3, -0.25) is 14.3 Å². The number of aliphatic hydroxyl groups is 2. The maximum Gasteiger partial charge on any atom is 0.534 e. The molecule has 0 radical (unpaired) electrons. The van der Waals surface area contributed by atoms with Gasteiger partial charge >= 0.3 is 21.3 Å². The molecule has 4 atom stereocenters. The fourth-order valence-corrected chi connectivity index (χ4v) is 5.94. The predicted octanol–water partition coefficient (Wildman–Crippen LogP) is 1.04. The summed E-state index contributed by atoms with van der Waals surface area (Å²) in [6.07, 6.45) is -5.76. The quantitative estimate of drug-likeness (QED) is 0.252. The zero-order valence-corrected chi connectivity index (χ0v) is 21.2. The maximum absolute atomic E-state index is 12.6. The van der Waals surface area contributed by atoms with Gasteiger partial charge in [0.1, 0.15) is 18.3 Å². The molecule has 1 aliphatic rings. The summed E-state index contributed by atoms with van der Waals surface area (Å²) < 4.78 is 76.2. The second kappa shape index (κ2) is 9.38. The summed E-state index contributed by atoms with van der Waals surface area (Å²) in [6, 6.07) is 0. The number of aromatic amines is 1. The van der Waals surface area contributed by atoms with Crippen LogP contribution in [0.2, 0.25) is 18.1 Å². The fraction of sp³-hybridized carbons (Fsp3) is 0.778. The van der Waals surface area contributed by atoms with Gasteiger partial charge in [0.15, 0.2) is 14.5 Å². The number of alkyl halides is 3. The SMILES string of the molecule is CC(C)C(C)(C)[Si](C)(C)OC[C@H]1O[C@@H](n2cc(OS(=O)(=O)C(F)(F)F)c(=O)[nH]c2=O)[C@H](O)[C@@H]1O. The van der Waals surface area contributed by atoms with Crippen LogP contribution in [-0.4, -0.2) is 66.9 Å². The highest BCUT2D eigenvalue weighted by Crippen LogP contribution is 2.45. The Bertz CT molecular complexity index is 1110. The third-order valence-electron chi connectivity index (χ3n) is 6.63. The maximum atomic E-state index is 12.6. The number of nitrogens with zero attached hydrogens (tertiary/aromatic N) is 1. The molecule has 0 amide bonds. The summed E-state index contributed by atoms with van der Waals surface area (Å²) in [4.78, 5) is 25.6. The summed E-state index contributed by atoms with van der Waals surface area (Å²) >= 11 is 0. The molecule has 3 N–H and O–H groups in total. The molecule has 0 bridgehead atoms. The molecule has 0 spiro atoms. The number of nitrogens with one attached hydrogen (secondary N) is 1. The average molecular weight is 535 g/mol. The second-order valence-corrected chi connectivity index (χ2v) is 15.5. The third-order valence-corrected chi connectivity index (χ3v) is 12.2. The van der Waals surface area contributed by atoms with Gasteiger partial charge in [0.25, 0.3) is 5.56 Å². The smallest absolute Gasteiger partial charge is 0.414 e. The van der Waals surface area contributed by atoms with Gasteiger partial charge in [-0.1, -0.05) is 27.7 Å². The standard InChI is InChI=1S/C18H29F3N2O9SSi/c1-9(2)17(3,4)34(5,6)30-8-11-12(24)13(25)15(31-11)23-7-10(14(26)22-16(23)27)32-33(28,29)18(19,20)21/h7,9,11-13,15,24-25H,8H2,1-6H3,(H,22,26,27)/t11-,12-,13-,15-/m1/s1. The molecule has 0 aliphatic carbocycles. The Hall–Kier alpha value is -1.72. The van der Waals surface area contributed by atoms with Gasteiger partial charge < -0.3 is 23.6 Å². The molecule has 1 aliphatic heterocycles. The molecule has 1 aromatic heterocycles. The van der Waals surface area contributed by atoms with Crippen LogP contribution in [0.5, 0.6) is 5.75 Å². The molecule has 2 rings (SSSR count). The lowest BCUT2D eigenvalue weighted by atomic mass is 9.99. The summed E-state index contributed by atoms with van der Waals surface area (Å²) in [5.74, 6) is -1.11. The minimum Gasteiger partial charge on any atom is -0.414 e. The van der Waals surface area contributed by atoms with Crippen LogP contribution in [0.25, 0.3) is 0 Å². The van der Waals surface area contributed by atoms with E-state index in [1.807, 2.05) is 40.8 Å². The Kier molecular flexibility index (Phi) is 7.87. The molecule has 1 fully saturated rings. The van der Waals surface area contributed by atoms with Crippen molar-refractivity contribution in [2.45, 2.75) is 75.9 Å². The van der Waals surface area contributed by atoms with E-state index in [4.69, 9.17) is 9.16 Å². The van der Waals surface area contributed by atoms with Gasteiger partial charge in [-0.2, -0.15) is 21.6 Å². The highest BCUT2D eigenvalue weighted by molar-refractivity contribution is 7.88. The zero-order chi connectivity index (χ0) is 26.4. The van der Waals surface area contributed by atoms with E-state index < -0.39 is 65.5 Å². The van der Waals surface area contributed by atoms with Crippen LogP contribution in [0.4, 0.5) is 13.2 Å². The summed E-state index contributed by atoms with van der Waals surface area (Å²) in [6.45, 7) is 12.0. The minimum absolute atomic E-state index is 0.159. The van der Waals surface area contributed by atoms with E-state index in [-0.39, 0.29) is 17.6 Å². The lowest BCUT2D eigenvalue weighted by Crippen LogP contribution is -2.47. The first-order valence-electron chi connectivity index (χ1n) is 10.2. The number of hydrogen-bond acceptors (Lipinski definition) is 9. The zero-order valence-electron chi connectivity index (χ0n) is 19.4. The first-order valence-corrected chi connectivity index (χ1v) is 14.6. The lowest BCUT2D eigenvalue weighted by molar-refractivity contribution is -0.0541. The van der Waals surface area contributed by atoms with Crippen molar-refractivity contribution in [3.63, 3.8) is 0 Å². The third kappa shape index (κ3) is 5.41. The molecule has 16 heteroatoms. The number of aliphatic hydroxyl groups excluding tert-OH is 2. The number of H-pyrrole nitrogens is 1. The summed E-state index contributed by atoms with van der Waals surface area (Å²) in [7, 11) is -8.58. The van der Waals surface area contributed by atoms with Crippen molar-refractivity contribution in [2.24, 2.45) is 5.92 Å². The predicted molar refractivity (Wildman–Crippen MR) is 115 cm³/mol. The van der Waals surface area contributed by atoms with E-state index in [2.05, 4.69) is 4.18 Å². The Morgan fingerprint density at radius 1 is 1.21 bits per heavy atom. The fourth-order valence-electron chi connectivity index (χ4n) is 3.15. The molecular formula is C18H29F3N2O9SSi. The van der Waals surface area contributed by atoms with Gasteiger partial charge in [0.05, 0.1) is 12.8 Å². The first-order chi connectivity index (χ1) is 15.2. The van der Waals surface area contributed by atoms with Gasteiger partial charge in [0.2, 0.25) is 5.75 Å². The number of aromatic nitrogens is 2. The van der Waals surface area contributed by atoms with Crippen molar-refractivity contribution in [1.82, 2.24) is 9.55 Å². The Labute approximate surface area is 194 Å². The Morgan fingerprint density at radius 3 is 2.26 bits per heavy atom. The molecule has 196 valence electrons. The van der Waals surface area contributed by atoms with Crippen molar-refractivity contribution < 1.29 is 45.1 Å². The first kappa shape index (κ1) is 28.5. The van der Waals surface area contributed by atoms with E-state index in [9.17, 15) is 41.4 Å². The molecular weight excluding hydrogens is 505 g/mol. The van der Waals surface area contributed by atoms with Crippen LogP contribution >= 0.6 is 0 Å². The van der Waals surface area contributed by atoms with Crippen molar-refractivity contribution >= 4 is 18.4 Å². The van der Waals surface area contributed by atoms with Crippen LogP contribution in [-0.2, 0) is 19.3 Å². The van der Waals surface area contributed by atoms with Gasteiger partial charge in [-0.05, 0) is 24.1 Å². The minimum atomic E-state index is -6.21. The molecule has 0 unspecified atom stereocenters. The second-order valence-electron chi connectivity index (χ2n) is 9.39. The van der Waals surface area contributed by atoms with Gasteiger partial charge in [-0.25, -0.2) is 4.79 Å². The van der Waals surface area contributed by atoms with Gasteiger partial charge in [-0.15, -0.1) is 0 Å². The molecule has 0 aromatic carbocycles. The number of ether oxygens (including phenoxy) is 1. The highest BCUT2D eigenvalue weighted by Gasteiger charge is 2.50. The normalized spacial score (nSPS) is 24.6. The Morgan fingerprint density at radius 2 is 1.76 bits per heavy atom. The number of hydrogen-bond donors (Lipinski definition) is 3. The molecule has 11 nitrogen and oxygen atoms in total. The van der Waals surface area contributed by atoms with E-state index in [0.717, 1.165) is 0 Å². The lowest BCUT2D eigenvalue weighted by Gasteiger charge is -2.43. The van der Waals surface area contributed by atoms with Crippen LogP contribution in [0.15, 0.2) is 15.8 Å². The van der Waals surface area contributed by atoms with Crippen molar-refractivity contribution in [3.05, 3.63) is 27.0 Å². The average Bonchev–Trinajstić information content (AvgIpc) is 2.95. The topological polar surface area (TPSA) is 157 Å². The largest absolute Gasteiger partial charge is 0.534 e. The summed E-state index contributed by atoms with van der Waals surface area (Å²) in [5, 5.41) is 20.6. The molecule has 1 aromatic rings. The van der Waals surface area contributed by atoms with Crippen molar-refractivity contribution in [1.29, 1.82) is 0 Å². The van der Waals surface area contributed by atoms with Gasteiger partial charge in [0, 0.05) is 0 Å². The van der Waals surface area contributed by atoms with Crippen LogP contribution < -0.4 is 15.4 Å². The molecule has 2 heterocycles. The van der Waals surface area contributed by atoms with Crippen LogP contribution in [0, 0.1) is 5.92 Å². The monoisotopic (exact) mass is 534 g/mol. The molecule has 1 saturated heterocycles. The van der Waals surface area contributed by atoms with E-state index in [0.29, 0.717) is 10.8 Å². The van der Waals surface area contributed by atoms with Crippen molar-refractivity contribution in [2.75, 3.05) is 6.61 Å². The van der Waals surface area contributed by atoms with Crippen LogP contribution in [0.1, 0.15) is 33.9 Å². The molecule has 0 saturated carbocycles. The summed E-state index contributed by atoms with van der Waals surface area (Å²) in [5.41, 5.74) is -8.62. The van der Waals surface area contributed by atoms with E-state index in [1.54, 1.807) is 4.98 Å². The highest BCUT2D eigenvalue weighted by atomic mass is 32.2. The molecule has 34 heavy (non-hydrogen) atoms. The van der Waals surface area contributed by atoms with Crippen molar-refractivity contribution in [3.8, 4) is 5.75 Å². The number of halogens is 3. The Balaban J connectivity index is 2.31. The van der Waals surface area contributed by atoms with E-state index in [1.165, 1.54) is 0 Å². The van der Waals surface area contributed by atoms with Crippen LogP contribution in [0.3, 0.4) is 0 Å². The number of rotatable bonds is 8. The van der Waals surface area contributed by atoms with E-state index >= 15 is 0 Å².